The molecule has 6 aromatic rings. The van der Waals surface area contributed by atoms with Gasteiger partial charge >= 0.3 is 0 Å². The van der Waals surface area contributed by atoms with Crippen LogP contribution in [0.25, 0.3) is 55.2 Å². The summed E-state index contributed by atoms with van der Waals surface area (Å²) >= 11 is 0. The summed E-state index contributed by atoms with van der Waals surface area (Å²) in [7, 11) is 1.64. The average molecular weight is 451 g/mol. The molecule has 0 unspecified atom stereocenters. The van der Waals surface area contributed by atoms with Crippen molar-refractivity contribution in [1.82, 2.24) is 25.1 Å². The quantitative estimate of drug-likeness (QED) is 0.382. The number of benzene rings is 2. The summed E-state index contributed by atoms with van der Waals surface area (Å²) in [6.07, 6.45) is 0. The zero-order valence-corrected chi connectivity index (χ0v) is 19.1. The Balaban J connectivity index is 1.73. The zero-order valence-electron chi connectivity index (χ0n) is 19.1. The molecular weight excluding hydrogens is 430 g/mol. The van der Waals surface area contributed by atoms with Crippen molar-refractivity contribution in [3.8, 4) is 28.1 Å². The van der Waals surface area contributed by atoms with E-state index in [9.17, 15) is 4.79 Å². The van der Waals surface area contributed by atoms with Crippen molar-refractivity contribution in [2.24, 2.45) is 0 Å². The molecule has 4 heterocycles. The van der Waals surface area contributed by atoms with Gasteiger partial charge in [-0.25, -0.2) is 9.97 Å². The minimum Gasteiger partial charge on any atom is -0.496 e. The van der Waals surface area contributed by atoms with Gasteiger partial charge in [0.05, 0.1) is 29.4 Å². The van der Waals surface area contributed by atoms with Gasteiger partial charge in [-0.3, -0.25) is 4.79 Å². The summed E-state index contributed by atoms with van der Waals surface area (Å²) in [6, 6.07) is 13.3. The van der Waals surface area contributed by atoms with Crippen LogP contribution in [-0.2, 0) is 0 Å². The van der Waals surface area contributed by atoms with Gasteiger partial charge in [-0.2, -0.15) is 0 Å². The predicted octanol–water partition coefficient (Wildman–Crippen LogP) is 5.21. The fraction of sp³-hybridized carbons (Fsp3) is 0.154. The molecule has 168 valence electrons. The number of aryl methyl sites for hydroxylation is 3. The molecule has 0 spiro atoms. The first-order valence-corrected chi connectivity index (χ1v) is 10.9. The summed E-state index contributed by atoms with van der Waals surface area (Å²) in [5, 5.41) is 6.75. The Kier molecular flexibility index (Phi) is 4.32. The van der Waals surface area contributed by atoms with Crippen LogP contribution in [0.4, 0.5) is 0 Å². The van der Waals surface area contributed by atoms with Gasteiger partial charge in [0.15, 0.2) is 0 Å². The number of pyridine rings is 1. The molecule has 0 aliphatic heterocycles. The van der Waals surface area contributed by atoms with Gasteiger partial charge < -0.3 is 19.2 Å². The third kappa shape index (κ3) is 2.92. The molecule has 0 amide bonds. The van der Waals surface area contributed by atoms with Crippen molar-refractivity contribution in [2.75, 3.05) is 7.11 Å². The number of aromatic amines is 2. The first kappa shape index (κ1) is 20.2. The lowest BCUT2D eigenvalue weighted by Gasteiger charge is -2.10. The maximum atomic E-state index is 12.5. The lowest BCUT2D eigenvalue weighted by molar-refractivity contribution is 0.393. The summed E-state index contributed by atoms with van der Waals surface area (Å²) in [6.45, 7) is 5.64. The van der Waals surface area contributed by atoms with Crippen LogP contribution in [0.3, 0.4) is 0 Å². The van der Waals surface area contributed by atoms with E-state index in [1.54, 1.807) is 13.2 Å². The fourth-order valence-electron chi connectivity index (χ4n) is 4.76. The average Bonchev–Trinajstić information content (AvgIpc) is 3.34. The van der Waals surface area contributed by atoms with E-state index in [0.29, 0.717) is 22.9 Å². The lowest BCUT2D eigenvalue weighted by atomic mass is 9.99. The van der Waals surface area contributed by atoms with Gasteiger partial charge in [0.25, 0.3) is 0 Å². The minimum atomic E-state index is -0.184. The van der Waals surface area contributed by atoms with E-state index in [2.05, 4.69) is 20.1 Å². The molecule has 0 saturated carbocycles. The molecule has 8 heteroatoms. The number of aromatic nitrogens is 5. The maximum absolute atomic E-state index is 12.5. The second kappa shape index (κ2) is 7.28. The standard InChI is InChI=1S/C26H21N5O3/c1-12-23(13(2)34-31-12)18-9-20-17(10-21(18)33-4)24-25(27-14(3)28-26(24)30-20)16-11-22(32)29-19-8-6-5-7-15(16)19/h5-11H,1-4H3,(H,29,32)(H,27,28,30). The highest BCUT2D eigenvalue weighted by Gasteiger charge is 2.21. The molecule has 6 rings (SSSR count). The van der Waals surface area contributed by atoms with Gasteiger partial charge in [0.2, 0.25) is 5.56 Å². The summed E-state index contributed by atoms with van der Waals surface area (Å²) in [5.41, 5.74) is 6.17. The zero-order chi connectivity index (χ0) is 23.6. The fourth-order valence-corrected chi connectivity index (χ4v) is 4.76. The van der Waals surface area contributed by atoms with Crippen molar-refractivity contribution in [2.45, 2.75) is 20.8 Å². The number of para-hydroxylation sites is 1. The summed E-state index contributed by atoms with van der Waals surface area (Å²) in [4.78, 5) is 28.3. The first-order valence-electron chi connectivity index (χ1n) is 10.9. The summed E-state index contributed by atoms with van der Waals surface area (Å²) in [5.74, 6) is 2.01. The van der Waals surface area contributed by atoms with E-state index in [1.165, 1.54) is 0 Å². The Morgan fingerprint density at radius 2 is 1.74 bits per heavy atom. The van der Waals surface area contributed by atoms with Gasteiger partial charge in [-0.15, -0.1) is 0 Å². The number of hydrogen-bond acceptors (Lipinski definition) is 6. The predicted molar refractivity (Wildman–Crippen MR) is 131 cm³/mol. The Morgan fingerprint density at radius 1 is 0.912 bits per heavy atom. The molecule has 2 N–H and O–H groups in total. The van der Waals surface area contributed by atoms with Crippen LogP contribution in [-0.4, -0.2) is 32.2 Å². The maximum Gasteiger partial charge on any atom is 0.249 e. The molecule has 8 nitrogen and oxygen atoms in total. The molecule has 0 aliphatic rings. The van der Waals surface area contributed by atoms with Crippen LogP contribution in [0.5, 0.6) is 5.75 Å². The van der Waals surface area contributed by atoms with E-state index in [1.807, 2.05) is 57.2 Å². The van der Waals surface area contributed by atoms with Crippen molar-refractivity contribution in [3.63, 3.8) is 0 Å². The van der Waals surface area contributed by atoms with Crippen molar-refractivity contribution < 1.29 is 9.26 Å². The van der Waals surface area contributed by atoms with Crippen molar-refractivity contribution >= 4 is 32.8 Å². The number of nitrogens with zero attached hydrogens (tertiary/aromatic N) is 3. The Hall–Kier alpha value is -4.46. The Morgan fingerprint density at radius 3 is 2.50 bits per heavy atom. The topological polar surface area (TPSA) is 110 Å². The van der Waals surface area contributed by atoms with Gasteiger partial charge in [0, 0.05) is 39.0 Å². The third-order valence-electron chi connectivity index (χ3n) is 6.19. The largest absolute Gasteiger partial charge is 0.496 e. The number of methoxy groups -OCH3 is 1. The smallest absolute Gasteiger partial charge is 0.249 e. The molecule has 0 atom stereocenters. The van der Waals surface area contributed by atoms with Gasteiger partial charge in [-0.1, -0.05) is 23.4 Å². The van der Waals surface area contributed by atoms with Crippen molar-refractivity contribution in [1.29, 1.82) is 0 Å². The minimum absolute atomic E-state index is 0.184. The lowest BCUT2D eigenvalue weighted by Crippen LogP contribution is -2.06. The van der Waals surface area contributed by atoms with Crippen molar-refractivity contribution in [3.05, 3.63) is 70.1 Å². The van der Waals surface area contributed by atoms with Crippen LogP contribution < -0.4 is 10.3 Å². The number of H-pyrrole nitrogens is 2. The molecule has 34 heavy (non-hydrogen) atoms. The molecule has 2 aromatic carbocycles. The molecule has 4 aromatic heterocycles. The third-order valence-corrected chi connectivity index (χ3v) is 6.19. The highest BCUT2D eigenvalue weighted by atomic mass is 16.5. The van der Waals surface area contributed by atoms with Crippen LogP contribution in [0.2, 0.25) is 0 Å². The van der Waals surface area contributed by atoms with E-state index < -0.39 is 0 Å². The molecule has 0 saturated heterocycles. The van der Waals surface area contributed by atoms with E-state index in [-0.39, 0.29) is 5.56 Å². The molecule has 0 bridgehead atoms. The molecular formula is C26H21N5O3. The molecule has 0 radical (unpaired) electrons. The number of rotatable bonds is 3. The number of hydrogen-bond donors (Lipinski definition) is 2. The Bertz CT molecular complexity index is 1790. The second-order valence-corrected chi connectivity index (χ2v) is 8.36. The Labute approximate surface area is 193 Å². The normalized spacial score (nSPS) is 11.6. The summed E-state index contributed by atoms with van der Waals surface area (Å²) < 4.78 is 11.2. The molecule has 0 fully saturated rings. The number of ether oxygens (including phenoxy) is 1. The number of nitrogens with one attached hydrogen (secondary N) is 2. The SMILES string of the molecule is COc1cc2c(cc1-c1c(C)noc1C)[nH]c1nc(C)nc(-c3cc(=O)[nH]c4ccccc34)c12. The number of fused-ring (bicyclic) bond motifs is 4. The van der Waals surface area contributed by atoms with Crippen LogP contribution >= 0.6 is 0 Å². The van der Waals surface area contributed by atoms with Crippen LogP contribution in [0.15, 0.2) is 51.8 Å². The highest BCUT2D eigenvalue weighted by Crippen LogP contribution is 2.41. The van der Waals surface area contributed by atoms with Gasteiger partial charge in [-0.05, 0) is 39.0 Å². The van der Waals surface area contributed by atoms with Crippen LogP contribution in [0, 0.1) is 20.8 Å². The second-order valence-electron chi connectivity index (χ2n) is 8.36. The monoisotopic (exact) mass is 451 g/mol. The van der Waals surface area contributed by atoms with Gasteiger partial charge in [0.1, 0.15) is 23.0 Å². The van der Waals surface area contributed by atoms with E-state index in [0.717, 1.165) is 55.3 Å². The first-order chi connectivity index (χ1) is 16.4. The van der Waals surface area contributed by atoms with E-state index in [4.69, 9.17) is 14.2 Å². The van der Waals surface area contributed by atoms with E-state index >= 15 is 0 Å². The highest BCUT2D eigenvalue weighted by molar-refractivity contribution is 6.15. The van der Waals surface area contributed by atoms with Crippen LogP contribution in [0.1, 0.15) is 17.3 Å². The molecule has 0 aliphatic carbocycles.